The fraction of sp³-hybridized carbons (Fsp3) is 0.562. The SMILES string of the molecule is CC(C)Cc1ccc(NC(=O)C(CN)C(C)C)cc1. The van der Waals surface area contributed by atoms with Gasteiger partial charge in [-0.3, -0.25) is 4.79 Å². The molecular formula is C16H26N2O. The Balaban J connectivity index is 2.64. The van der Waals surface area contributed by atoms with Gasteiger partial charge in [-0.15, -0.1) is 0 Å². The van der Waals surface area contributed by atoms with E-state index in [0.717, 1.165) is 12.1 Å². The Morgan fingerprint density at radius 2 is 1.74 bits per heavy atom. The Labute approximate surface area is 116 Å². The molecule has 0 aromatic heterocycles. The molecule has 0 fully saturated rings. The third kappa shape index (κ3) is 5.03. The van der Waals surface area contributed by atoms with Crippen LogP contribution in [0.15, 0.2) is 24.3 Å². The van der Waals surface area contributed by atoms with Gasteiger partial charge in [0.1, 0.15) is 0 Å². The maximum Gasteiger partial charge on any atom is 0.229 e. The molecule has 0 bridgehead atoms. The molecule has 1 atom stereocenters. The average Bonchev–Trinajstić information content (AvgIpc) is 2.31. The largest absolute Gasteiger partial charge is 0.330 e. The highest BCUT2D eigenvalue weighted by Gasteiger charge is 2.20. The number of carbonyl (C=O) groups is 1. The lowest BCUT2D eigenvalue weighted by Crippen LogP contribution is -2.33. The van der Waals surface area contributed by atoms with Gasteiger partial charge in [0.05, 0.1) is 5.92 Å². The summed E-state index contributed by atoms with van der Waals surface area (Å²) in [6.45, 7) is 8.81. The van der Waals surface area contributed by atoms with Crippen molar-refractivity contribution in [1.82, 2.24) is 0 Å². The molecule has 1 aromatic rings. The number of rotatable bonds is 6. The Morgan fingerprint density at radius 1 is 1.16 bits per heavy atom. The van der Waals surface area contributed by atoms with Gasteiger partial charge in [-0.05, 0) is 36.0 Å². The van der Waals surface area contributed by atoms with Crippen molar-refractivity contribution in [2.45, 2.75) is 34.1 Å². The maximum atomic E-state index is 12.1. The van der Waals surface area contributed by atoms with Crippen LogP contribution >= 0.6 is 0 Å². The van der Waals surface area contributed by atoms with E-state index in [2.05, 4.69) is 31.3 Å². The average molecular weight is 262 g/mol. The summed E-state index contributed by atoms with van der Waals surface area (Å²) < 4.78 is 0. The van der Waals surface area contributed by atoms with Crippen molar-refractivity contribution in [2.75, 3.05) is 11.9 Å². The highest BCUT2D eigenvalue weighted by atomic mass is 16.1. The monoisotopic (exact) mass is 262 g/mol. The fourth-order valence-corrected chi connectivity index (χ4v) is 2.11. The molecule has 0 heterocycles. The number of hydrogen-bond acceptors (Lipinski definition) is 2. The molecule has 3 N–H and O–H groups in total. The van der Waals surface area contributed by atoms with Crippen molar-refractivity contribution in [2.24, 2.45) is 23.5 Å². The van der Waals surface area contributed by atoms with E-state index in [4.69, 9.17) is 5.73 Å². The first kappa shape index (κ1) is 15.7. The zero-order chi connectivity index (χ0) is 14.4. The van der Waals surface area contributed by atoms with E-state index in [1.807, 2.05) is 26.0 Å². The number of nitrogens with one attached hydrogen (secondary N) is 1. The van der Waals surface area contributed by atoms with Crippen LogP contribution in [0.2, 0.25) is 0 Å². The summed E-state index contributed by atoms with van der Waals surface area (Å²) >= 11 is 0. The van der Waals surface area contributed by atoms with Gasteiger partial charge in [-0.25, -0.2) is 0 Å². The van der Waals surface area contributed by atoms with Crippen LogP contribution in [-0.4, -0.2) is 12.5 Å². The molecule has 1 unspecified atom stereocenters. The van der Waals surface area contributed by atoms with Crippen molar-refractivity contribution < 1.29 is 4.79 Å². The zero-order valence-electron chi connectivity index (χ0n) is 12.4. The third-order valence-electron chi connectivity index (χ3n) is 3.26. The second-order valence-corrected chi connectivity index (χ2v) is 5.87. The Kier molecular flexibility index (Phi) is 6.03. The van der Waals surface area contributed by atoms with Crippen molar-refractivity contribution >= 4 is 11.6 Å². The van der Waals surface area contributed by atoms with Crippen LogP contribution in [0.4, 0.5) is 5.69 Å². The van der Waals surface area contributed by atoms with Gasteiger partial charge >= 0.3 is 0 Å². The summed E-state index contributed by atoms with van der Waals surface area (Å²) in [5, 5.41) is 2.94. The molecule has 19 heavy (non-hydrogen) atoms. The minimum absolute atomic E-state index is 0.00843. The highest BCUT2D eigenvalue weighted by Crippen LogP contribution is 2.16. The molecule has 0 radical (unpaired) electrons. The van der Waals surface area contributed by atoms with E-state index in [9.17, 15) is 4.79 Å². The van der Waals surface area contributed by atoms with Gasteiger partial charge < -0.3 is 11.1 Å². The Morgan fingerprint density at radius 3 is 2.16 bits per heavy atom. The first-order chi connectivity index (χ1) is 8.93. The van der Waals surface area contributed by atoms with Gasteiger partial charge in [0.25, 0.3) is 0 Å². The van der Waals surface area contributed by atoms with Crippen LogP contribution in [0.5, 0.6) is 0 Å². The normalized spacial score (nSPS) is 12.8. The smallest absolute Gasteiger partial charge is 0.229 e. The molecule has 3 heteroatoms. The predicted octanol–water partition coefficient (Wildman–Crippen LogP) is 3.05. The van der Waals surface area contributed by atoms with E-state index < -0.39 is 0 Å². The van der Waals surface area contributed by atoms with Crippen molar-refractivity contribution in [1.29, 1.82) is 0 Å². The summed E-state index contributed by atoms with van der Waals surface area (Å²) in [6.07, 6.45) is 1.06. The summed E-state index contributed by atoms with van der Waals surface area (Å²) in [7, 11) is 0. The second kappa shape index (κ2) is 7.29. The van der Waals surface area contributed by atoms with Crippen LogP contribution in [-0.2, 0) is 11.2 Å². The molecule has 1 aromatic carbocycles. The van der Waals surface area contributed by atoms with E-state index >= 15 is 0 Å². The molecule has 0 saturated heterocycles. The van der Waals surface area contributed by atoms with Gasteiger partial charge in [0.15, 0.2) is 0 Å². The quantitative estimate of drug-likeness (QED) is 0.828. The lowest BCUT2D eigenvalue weighted by molar-refractivity contribution is -0.120. The standard InChI is InChI=1S/C16H26N2O/c1-11(2)9-13-5-7-14(8-6-13)18-16(19)15(10-17)12(3)4/h5-8,11-12,15H,9-10,17H2,1-4H3,(H,18,19). The van der Waals surface area contributed by atoms with Crippen molar-refractivity contribution in [3.05, 3.63) is 29.8 Å². The molecular weight excluding hydrogens is 236 g/mol. The van der Waals surface area contributed by atoms with E-state index in [0.29, 0.717) is 12.5 Å². The number of amides is 1. The van der Waals surface area contributed by atoms with Crippen molar-refractivity contribution in [3.8, 4) is 0 Å². The second-order valence-electron chi connectivity index (χ2n) is 5.87. The molecule has 0 aliphatic heterocycles. The molecule has 0 aliphatic rings. The molecule has 0 aliphatic carbocycles. The highest BCUT2D eigenvalue weighted by molar-refractivity contribution is 5.92. The number of carbonyl (C=O) groups excluding carboxylic acids is 1. The first-order valence-corrected chi connectivity index (χ1v) is 7.04. The van der Waals surface area contributed by atoms with E-state index in [1.54, 1.807) is 0 Å². The molecule has 1 rings (SSSR count). The number of anilines is 1. The Bertz CT molecular complexity index is 396. The van der Waals surface area contributed by atoms with E-state index in [1.165, 1.54) is 5.56 Å². The van der Waals surface area contributed by atoms with Gasteiger partial charge in [0, 0.05) is 12.2 Å². The fourth-order valence-electron chi connectivity index (χ4n) is 2.11. The summed E-state index contributed by atoms with van der Waals surface area (Å²) in [4.78, 5) is 12.1. The number of nitrogens with two attached hydrogens (primary N) is 1. The van der Waals surface area contributed by atoms with Crippen LogP contribution < -0.4 is 11.1 Å². The first-order valence-electron chi connectivity index (χ1n) is 7.04. The van der Waals surface area contributed by atoms with Crippen molar-refractivity contribution in [3.63, 3.8) is 0 Å². The molecule has 106 valence electrons. The molecule has 1 amide bonds. The summed E-state index contributed by atoms with van der Waals surface area (Å²) in [6, 6.07) is 8.07. The van der Waals surface area contributed by atoms with Gasteiger partial charge in [0.2, 0.25) is 5.91 Å². The molecule has 3 nitrogen and oxygen atoms in total. The zero-order valence-corrected chi connectivity index (χ0v) is 12.4. The summed E-state index contributed by atoms with van der Waals surface area (Å²) in [5.74, 6) is 0.776. The summed E-state index contributed by atoms with van der Waals surface area (Å²) in [5.41, 5.74) is 7.79. The lowest BCUT2D eigenvalue weighted by Gasteiger charge is -2.18. The number of benzene rings is 1. The van der Waals surface area contributed by atoms with Gasteiger partial charge in [-0.2, -0.15) is 0 Å². The van der Waals surface area contributed by atoms with Crippen LogP contribution in [0.1, 0.15) is 33.3 Å². The van der Waals surface area contributed by atoms with Crippen LogP contribution in [0, 0.1) is 17.8 Å². The van der Waals surface area contributed by atoms with Crippen LogP contribution in [0.25, 0.3) is 0 Å². The Hall–Kier alpha value is -1.35. The minimum atomic E-state index is -0.129. The molecule has 0 spiro atoms. The minimum Gasteiger partial charge on any atom is -0.330 e. The predicted molar refractivity (Wildman–Crippen MR) is 81.0 cm³/mol. The number of hydrogen-bond donors (Lipinski definition) is 2. The third-order valence-corrected chi connectivity index (χ3v) is 3.26. The topological polar surface area (TPSA) is 55.1 Å². The molecule has 0 saturated carbocycles. The maximum absolute atomic E-state index is 12.1. The van der Waals surface area contributed by atoms with Gasteiger partial charge in [-0.1, -0.05) is 39.8 Å². The lowest BCUT2D eigenvalue weighted by atomic mass is 9.95. The van der Waals surface area contributed by atoms with E-state index in [-0.39, 0.29) is 17.7 Å². The van der Waals surface area contributed by atoms with Crippen LogP contribution in [0.3, 0.4) is 0 Å².